The molecule has 2 rings (SSSR count). The van der Waals surface area contributed by atoms with Crippen LogP contribution in [0.3, 0.4) is 0 Å². The maximum absolute atomic E-state index is 11.9. The Kier molecular flexibility index (Phi) is 3.89. The van der Waals surface area contributed by atoms with Crippen molar-refractivity contribution in [3.8, 4) is 0 Å². The third-order valence-corrected chi connectivity index (χ3v) is 2.77. The van der Waals surface area contributed by atoms with Crippen LogP contribution in [-0.2, 0) is 0 Å². The summed E-state index contributed by atoms with van der Waals surface area (Å²) in [4.78, 5) is 19.7. The van der Waals surface area contributed by atoms with Crippen LogP contribution in [0.1, 0.15) is 29.0 Å². The van der Waals surface area contributed by atoms with E-state index >= 15 is 0 Å². The summed E-state index contributed by atoms with van der Waals surface area (Å²) in [7, 11) is 0. The molecule has 1 aromatic heterocycles. The average molecular weight is 262 g/mol. The normalized spacial score (nSPS) is 11.9. The van der Waals surface area contributed by atoms with Crippen LogP contribution in [0.25, 0.3) is 0 Å². The van der Waals surface area contributed by atoms with E-state index in [-0.39, 0.29) is 11.9 Å². The standard InChI is InChI=1S/C13H12ClN3O/c1-9(10-2-4-11(14)5-3-10)17-13(18)12-8-15-6-7-16-12/h2-9H,1H3,(H,17,18). The summed E-state index contributed by atoms with van der Waals surface area (Å²) in [6.07, 6.45) is 4.45. The predicted molar refractivity (Wildman–Crippen MR) is 69.4 cm³/mol. The molecule has 18 heavy (non-hydrogen) atoms. The van der Waals surface area contributed by atoms with Crippen molar-refractivity contribution in [3.63, 3.8) is 0 Å². The van der Waals surface area contributed by atoms with Gasteiger partial charge in [0.15, 0.2) is 0 Å². The molecule has 0 saturated heterocycles. The number of aromatic nitrogens is 2. The number of hydrogen-bond acceptors (Lipinski definition) is 3. The smallest absolute Gasteiger partial charge is 0.271 e. The average Bonchev–Trinajstić information content (AvgIpc) is 2.40. The lowest BCUT2D eigenvalue weighted by Crippen LogP contribution is -2.27. The first kappa shape index (κ1) is 12.5. The second kappa shape index (κ2) is 5.60. The number of nitrogens with one attached hydrogen (secondary N) is 1. The molecule has 0 aliphatic carbocycles. The topological polar surface area (TPSA) is 54.9 Å². The lowest BCUT2D eigenvalue weighted by Gasteiger charge is -2.13. The quantitative estimate of drug-likeness (QED) is 0.924. The second-order valence-electron chi connectivity index (χ2n) is 3.84. The minimum absolute atomic E-state index is 0.114. The molecular weight excluding hydrogens is 250 g/mol. The van der Waals surface area contributed by atoms with Crippen molar-refractivity contribution in [1.82, 2.24) is 15.3 Å². The van der Waals surface area contributed by atoms with Gasteiger partial charge in [-0.15, -0.1) is 0 Å². The molecule has 0 aliphatic rings. The third kappa shape index (κ3) is 3.05. The summed E-state index contributed by atoms with van der Waals surface area (Å²) < 4.78 is 0. The van der Waals surface area contributed by atoms with Crippen LogP contribution in [0.5, 0.6) is 0 Å². The van der Waals surface area contributed by atoms with Crippen molar-refractivity contribution in [1.29, 1.82) is 0 Å². The molecule has 1 N–H and O–H groups in total. The first-order valence-corrected chi connectivity index (χ1v) is 5.87. The van der Waals surface area contributed by atoms with Gasteiger partial charge in [0.05, 0.1) is 12.2 Å². The van der Waals surface area contributed by atoms with E-state index < -0.39 is 0 Å². The zero-order chi connectivity index (χ0) is 13.0. The summed E-state index contributed by atoms with van der Waals surface area (Å²) in [6.45, 7) is 1.90. The summed E-state index contributed by atoms with van der Waals surface area (Å²) in [5, 5.41) is 3.52. The van der Waals surface area contributed by atoms with Crippen LogP contribution >= 0.6 is 11.6 Å². The molecule has 2 aromatic rings. The van der Waals surface area contributed by atoms with E-state index in [1.807, 2.05) is 19.1 Å². The molecule has 5 heteroatoms. The van der Waals surface area contributed by atoms with Crippen molar-refractivity contribution < 1.29 is 4.79 Å². The van der Waals surface area contributed by atoms with Crippen molar-refractivity contribution in [3.05, 3.63) is 59.1 Å². The summed E-state index contributed by atoms with van der Waals surface area (Å²) in [5.41, 5.74) is 1.29. The highest BCUT2D eigenvalue weighted by atomic mass is 35.5. The number of nitrogens with zero attached hydrogens (tertiary/aromatic N) is 2. The van der Waals surface area contributed by atoms with Gasteiger partial charge in [0.1, 0.15) is 5.69 Å². The number of benzene rings is 1. The fourth-order valence-electron chi connectivity index (χ4n) is 1.52. The SMILES string of the molecule is CC(NC(=O)c1cnccn1)c1ccc(Cl)cc1. The number of amides is 1. The minimum atomic E-state index is -0.245. The number of carbonyl (C=O) groups is 1. The Bertz CT molecular complexity index is 528. The Hall–Kier alpha value is -1.94. The fourth-order valence-corrected chi connectivity index (χ4v) is 1.65. The van der Waals surface area contributed by atoms with E-state index in [0.29, 0.717) is 10.7 Å². The Morgan fingerprint density at radius 3 is 2.61 bits per heavy atom. The molecule has 1 heterocycles. The highest BCUT2D eigenvalue weighted by molar-refractivity contribution is 6.30. The van der Waals surface area contributed by atoms with E-state index in [2.05, 4.69) is 15.3 Å². The van der Waals surface area contributed by atoms with E-state index in [1.54, 1.807) is 12.1 Å². The Morgan fingerprint density at radius 1 is 1.28 bits per heavy atom. The van der Waals surface area contributed by atoms with Crippen LogP contribution in [0, 0.1) is 0 Å². The number of rotatable bonds is 3. The number of halogens is 1. The second-order valence-corrected chi connectivity index (χ2v) is 4.27. The largest absolute Gasteiger partial charge is 0.344 e. The highest BCUT2D eigenvalue weighted by Gasteiger charge is 2.12. The van der Waals surface area contributed by atoms with E-state index in [0.717, 1.165) is 5.56 Å². The van der Waals surface area contributed by atoms with Gasteiger partial charge in [-0.3, -0.25) is 9.78 Å². The minimum Gasteiger partial charge on any atom is -0.344 e. The highest BCUT2D eigenvalue weighted by Crippen LogP contribution is 2.16. The van der Waals surface area contributed by atoms with Crippen LogP contribution in [0.15, 0.2) is 42.9 Å². The fraction of sp³-hybridized carbons (Fsp3) is 0.154. The van der Waals surface area contributed by atoms with Crippen LogP contribution in [0.4, 0.5) is 0 Å². The first-order chi connectivity index (χ1) is 8.66. The molecule has 0 saturated carbocycles. The molecule has 0 bridgehead atoms. The van der Waals surface area contributed by atoms with E-state index in [4.69, 9.17) is 11.6 Å². The zero-order valence-corrected chi connectivity index (χ0v) is 10.6. The number of carbonyl (C=O) groups excluding carboxylic acids is 1. The summed E-state index contributed by atoms with van der Waals surface area (Å²) in [5.74, 6) is -0.245. The maximum atomic E-state index is 11.9. The van der Waals surface area contributed by atoms with Gasteiger partial charge in [-0.1, -0.05) is 23.7 Å². The van der Waals surface area contributed by atoms with Gasteiger partial charge in [-0.05, 0) is 24.6 Å². The van der Waals surface area contributed by atoms with E-state index in [1.165, 1.54) is 18.6 Å². The van der Waals surface area contributed by atoms with Gasteiger partial charge in [0.2, 0.25) is 0 Å². The summed E-state index contributed by atoms with van der Waals surface area (Å²) in [6, 6.07) is 7.23. The lowest BCUT2D eigenvalue weighted by molar-refractivity contribution is 0.0934. The first-order valence-electron chi connectivity index (χ1n) is 5.49. The Morgan fingerprint density at radius 2 is 2.00 bits per heavy atom. The van der Waals surface area contributed by atoms with Gasteiger partial charge >= 0.3 is 0 Å². The molecule has 0 spiro atoms. The molecular formula is C13H12ClN3O. The Labute approximate surface area is 110 Å². The van der Waals surface area contributed by atoms with Crippen molar-refractivity contribution in [2.24, 2.45) is 0 Å². The van der Waals surface area contributed by atoms with Crippen LogP contribution in [-0.4, -0.2) is 15.9 Å². The maximum Gasteiger partial charge on any atom is 0.271 e. The summed E-state index contributed by atoms with van der Waals surface area (Å²) >= 11 is 5.81. The molecule has 1 atom stereocenters. The van der Waals surface area contributed by atoms with Gasteiger partial charge in [-0.25, -0.2) is 4.98 Å². The van der Waals surface area contributed by atoms with Crippen LogP contribution < -0.4 is 5.32 Å². The monoisotopic (exact) mass is 261 g/mol. The molecule has 1 aromatic carbocycles. The molecule has 0 fully saturated rings. The Balaban J connectivity index is 2.06. The molecule has 1 unspecified atom stereocenters. The van der Waals surface area contributed by atoms with Crippen molar-refractivity contribution >= 4 is 17.5 Å². The van der Waals surface area contributed by atoms with Gasteiger partial charge in [0, 0.05) is 17.4 Å². The van der Waals surface area contributed by atoms with Gasteiger partial charge in [0.25, 0.3) is 5.91 Å². The van der Waals surface area contributed by atoms with Crippen LogP contribution in [0.2, 0.25) is 5.02 Å². The van der Waals surface area contributed by atoms with Crippen molar-refractivity contribution in [2.75, 3.05) is 0 Å². The molecule has 0 aliphatic heterocycles. The van der Waals surface area contributed by atoms with Crippen molar-refractivity contribution in [2.45, 2.75) is 13.0 Å². The molecule has 4 nitrogen and oxygen atoms in total. The predicted octanol–water partition coefficient (Wildman–Crippen LogP) is 2.62. The third-order valence-electron chi connectivity index (χ3n) is 2.51. The van der Waals surface area contributed by atoms with Gasteiger partial charge < -0.3 is 5.32 Å². The van der Waals surface area contributed by atoms with E-state index in [9.17, 15) is 4.79 Å². The van der Waals surface area contributed by atoms with Gasteiger partial charge in [-0.2, -0.15) is 0 Å². The molecule has 92 valence electrons. The number of hydrogen-bond donors (Lipinski definition) is 1. The zero-order valence-electron chi connectivity index (χ0n) is 9.80. The molecule has 1 amide bonds. The lowest BCUT2D eigenvalue weighted by atomic mass is 10.1. The molecule has 0 radical (unpaired) electrons.